The van der Waals surface area contributed by atoms with Crippen LogP contribution in [0.25, 0.3) is 10.9 Å². The number of para-hydroxylation sites is 1. The summed E-state index contributed by atoms with van der Waals surface area (Å²) in [5, 5.41) is 5.01. The van der Waals surface area contributed by atoms with Gasteiger partial charge in [0.15, 0.2) is 0 Å². The van der Waals surface area contributed by atoms with Crippen LogP contribution in [0.1, 0.15) is 31.7 Å². The van der Waals surface area contributed by atoms with Gasteiger partial charge in [-0.3, -0.25) is 4.90 Å². The maximum absolute atomic E-state index is 3.65. The zero-order chi connectivity index (χ0) is 13.8. The average Bonchev–Trinajstić information content (AvgIpc) is 2.91. The fourth-order valence-electron chi connectivity index (χ4n) is 3.20. The van der Waals surface area contributed by atoms with Crippen LogP contribution in [0.3, 0.4) is 0 Å². The largest absolute Gasteiger partial charge is 0.361 e. The first-order chi connectivity index (χ1) is 9.86. The van der Waals surface area contributed by atoms with Gasteiger partial charge >= 0.3 is 0 Å². The van der Waals surface area contributed by atoms with E-state index in [2.05, 4.69) is 52.6 Å². The van der Waals surface area contributed by atoms with Crippen molar-refractivity contribution in [1.29, 1.82) is 0 Å². The number of H-pyrrole nitrogens is 1. The Bertz CT molecular complexity index is 540. The van der Waals surface area contributed by atoms with Crippen LogP contribution in [0.2, 0.25) is 0 Å². The molecule has 1 aromatic carbocycles. The molecule has 0 aliphatic carbocycles. The molecule has 20 heavy (non-hydrogen) atoms. The minimum Gasteiger partial charge on any atom is -0.361 e. The zero-order valence-corrected chi connectivity index (χ0v) is 12.4. The highest BCUT2D eigenvalue weighted by molar-refractivity contribution is 5.82. The molecule has 1 fully saturated rings. The third-order valence-corrected chi connectivity index (χ3v) is 4.41. The summed E-state index contributed by atoms with van der Waals surface area (Å²) in [6.45, 7) is 6.76. The van der Waals surface area contributed by atoms with Gasteiger partial charge in [0, 0.05) is 36.2 Å². The predicted octanol–water partition coefficient (Wildman–Crippen LogP) is 3.13. The van der Waals surface area contributed by atoms with Gasteiger partial charge < -0.3 is 10.3 Å². The maximum atomic E-state index is 3.65. The van der Waals surface area contributed by atoms with E-state index < -0.39 is 0 Å². The van der Waals surface area contributed by atoms with Crippen LogP contribution in [0, 0.1) is 0 Å². The summed E-state index contributed by atoms with van der Waals surface area (Å²) in [5.74, 6) is 0. The van der Waals surface area contributed by atoms with Gasteiger partial charge in [0.05, 0.1) is 0 Å². The standard InChI is InChI=1S/C17H25N3/c1-2-20(13-15-7-5-6-10-18-15)12-14-11-19-17-9-4-3-8-16(14)17/h3-4,8-9,11,15,18-19H,2,5-7,10,12-13H2,1H3. The molecule has 0 amide bonds. The highest BCUT2D eigenvalue weighted by Gasteiger charge is 2.16. The molecule has 3 rings (SSSR count). The van der Waals surface area contributed by atoms with Gasteiger partial charge in [0.25, 0.3) is 0 Å². The van der Waals surface area contributed by atoms with Crippen LogP contribution >= 0.6 is 0 Å². The summed E-state index contributed by atoms with van der Waals surface area (Å²) in [4.78, 5) is 5.93. The number of fused-ring (bicyclic) bond motifs is 1. The third kappa shape index (κ3) is 3.05. The Balaban J connectivity index is 1.67. The molecule has 2 heterocycles. The third-order valence-electron chi connectivity index (χ3n) is 4.41. The van der Waals surface area contributed by atoms with Gasteiger partial charge in [-0.2, -0.15) is 0 Å². The molecule has 1 aliphatic rings. The topological polar surface area (TPSA) is 31.1 Å². The highest BCUT2D eigenvalue weighted by Crippen LogP contribution is 2.20. The number of nitrogens with zero attached hydrogens (tertiary/aromatic N) is 1. The van der Waals surface area contributed by atoms with E-state index in [1.54, 1.807) is 0 Å². The lowest BCUT2D eigenvalue weighted by Gasteiger charge is -2.29. The van der Waals surface area contributed by atoms with E-state index in [0.29, 0.717) is 6.04 Å². The van der Waals surface area contributed by atoms with Gasteiger partial charge in [-0.05, 0) is 37.6 Å². The van der Waals surface area contributed by atoms with Crippen LogP contribution in [-0.4, -0.2) is 35.6 Å². The first-order valence-corrected chi connectivity index (χ1v) is 7.87. The van der Waals surface area contributed by atoms with Crippen LogP contribution in [0.4, 0.5) is 0 Å². The van der Waals surface area contributed by atoms with E-state index in [0.717, 1.165) is 19.6 Å². The van der Waals surface area contributed by atoms with Gasteiger partial charge in [0.2, 0.25) is 0 Å². The van der Waals surface area contributed by atoms with Crippen LogP contribution < -0.4 is 5.32 Å². The van der Waals surface area contributed by atoms with Crippen molar-refractivity contribution >= 4 is 10.9 Å². The molecular formula is C17H25N3. The van der Waals surface area contributed by atoms with Gasteiger partial charge in [0.1, 0.15) is 0 Å². The quantitative estimate of drug-likeness (QED) is 0.875. The summed E-state index contributed by atoms with van der Waals surface area (Å²) in [5.41, 5.74) is 2.66. The molecule has 0 radical (unpaired) electrons. The summed E-state index contributed by atoms with van der Waals surface area (Å²) >= 11 is 0. The summed E-state index contributed by atoms with van der Waals surface area (Å²) < 4.78 is 0. The number of rotatable bonds is 5. The number of aromatic nitrogens is 1. The lowest BCUT2D eigenvalue weighted by molar-refractivity contribution is 0.227. The summed E-state index contributed by atoms with van der Waals surface area (Å²) in [6, 6.07) is 9.25. The fraction of sp³-hybridized carbons (Fsp3) is 0.529. The van der Waals surface area contributed by atoms with E-state index in [1.165, 1.54) is 42.3 Å². The van der Waals surface area contributed by atoms with Gasteiger partial charge in [-0.1, -0.05) is 31.5 Å². The molecule has 3 nitrogen and oxygen atoms in total. The van der Waals surface area contributed by atoms with Gasteiger partial charge in [-0.25, -0.2) is 0 Å². The van der Waals surface area contributed by atoms with Crippen molar-refractivity contribution in [2.45, 2.75) is 38.8 Å². The second-order valence-corrected chi connectivity index (χ2v) is 5.83. The zero-order valence-electron chi connectivity index (χ0n) is 12.4. The molecule has 1 unspecified atom stereocenters. The molecule has 108 valence electrons. The summed E-state index contributed by atoms with van der Waals surface area (Å²) in [6.07, 6.45) is 6.21. The van der Waals surface area contributed by atoms with Crippen molar-refractivity contribution < 1.29 is 0 Å². The Hall–Kier alpha value is -1.32. The maximum Gasteiger partial charge on any atom is 0.0457 e. The molecule has 3 heteroatoms. The molecule has 1 atom stereocenters. The lowest BCUT2D eigenvalue weighted by atomic mass is 10.0. The first-order valence-electron chi connectivity index (χ1n) is 7.87. The van der Waals surface area contributed by atoms with Crippen molar-refractivity contribution in [3.05, 3.63) is 36.0 Å². The molecule has 2 aromatic rings. The van der Waals surface area contributed by atoms with E-state index in [1.807, 2.05) is 0 Å². The minimum absolute atomic E-state index is 0.675. The SMILES string of the molecule is CCN(Cc1c[nH]c2ccccc12)CC1CCCCN1. The van der Waals surface area contributed by atoms with Crippen LogP contribution in [-0.2, 0) is 6.54 Å². The van der Waals surface area contributed by atoms with E-state index in [9.17, 15) is 0 Å². The predicted molar refractivity (Wildman–Crippen MR) is 84.9 cm³/mol. The highest BCUT2D eigenvalue weighted by atomic mass is 15.1. The molecule has 0 spiro atoms. The number of likely N-dealkylation sites (N-methyl/N-ethyl adjacent to an activating group) is 1. The fourth-order valence-corrected chi connectivity index (χ4v) is 3.20. The smallest absolute Gasteiger partial charge is 0.0457 e. The lowest BCUT2D eigenvalue weighted by Crippen LogP contribution is -2.43. The second kappa shape index (κ2) is 6.42. The van der Waals surface area contributed by atoms with E-state index >= 15 is 0 Å². The molecule has 0 saturated carbocycles. The van der Waals surface area contributed by atoms with Crippen molar-refractivity contribution in [2.75, 3.05) is 19.6 Å². The molecule has 0 bridgehead atoms. The Morgan fingerprint density at radius 3 is 2.95 bits per heavy atom. The van der Waals surface area contributed by atoms with Crippen molar-refractivity contribution in [2.24, 2.45) is 0 Å². The van der Waals surface area contributed by atoms with Gasteiger partial charge in [-0.15, -0.1) is 0 Å². The van der Waals surface area contributed by atoms with Crippen molar-refractivity contribution in [3.8, 4) is 0 Å². The average molecular weight is 271 g/mol. The molecule has 2 N–H and O–H groups in total. The first kappa shape index (κ1) is 13.7. The van der Waals surface area contributed by atoms with Crippen LogP contribution in [0.15, 0.2) is 30.5 Å². The van der Waals surface area contributed by atoms with Crippen molar-refractivity contribution in [3.63, 3.8) is 0 Å². The number of hydrogen-bond acceptors (Lipinski definition) is 2. The monoisotopic (exact) mass is 271 g/mol. The summed E-state index contributed by atoms with van der Waals surface area (Å²) in [7, 11) is 0. The number of aromatic amines is 1. The molecular weight excluding hydrogens is 246 g/mol. The second-order valence-electron chi connectivity index (χ2n) is 5.83. The molecule has 1 aromatic heterocycles. The number of piperidine rings is 1. The van der Waals surface area contributed by atoms with E-state index in [-0.39, 0.29) is 0 Å². The van der Waals surface area contributed by atoms with Crippen LogP contribution in [0.5, 0.6) is 0 Å². The molecule has 1 saturated heterocycles. The molecule has 1 aliphatic heterocycles. The number of benzene rings is 1. The number of hydrogen-bond donors (Lipinski definition) is 2. The Morgan fingerprint density at radius 1 is 1.25 bits per heavy atom. The van der Waals surface area contributed by atoms with Crippen molar-refractivity contribution in [1.82, 2.24) is 15.2 Å². The Labute approximate surface area is 121 Å². The Morgan fingerprint density at radius 2 is 2.15 bits per heavy atom. The number of nitrogens with one attached hydrogen (secondary N) is 2. The normalized spacial score (nSPS) is 19.8. The minimum atomic E-state index is 0.675. The Kier molecular flexibility index (Phi) is 4.38. The van der Waals surface area contributed by atoms with E-state index in [4.69, 9.17) is 0 Å².